The Morgan fingerprint density at radius 3 is 2.76 bits per heavy atom. The molecule has 2 rings (SSSR count). The Balaban J connectivity index is 2.37. The van der Waals surface area contributed by atoms with Crippen molar-refractivity contribution in [3.63, 3.8) is 0 Å². The van der Waals surface area contributed by atoms with Gasteiger partial charge < -0.3 is 14.7 Å². The number of alkyl halides is 3. The van der Waals surface area contributed by atoms with E-state index in [9.17, 15) is 18.0 Å². The number of halogens is 3. The van der Waals surface area contributed by atoms with Gasteiger partial charge >= 0.3 is 12.1 Å². The summed E-state index contributed by atoms with van der Waals surface area (Å²) in [5.41, 5.74) is -1.38. The van der Waals surface area contributed by atoms with Crippen LogP contribution in [-0.4, -0.2) is 36.9 Å². The van der Waals surface area contributed by atoms with Crippen LogP contribution < -0.4 is 4.90 Å². The van der Waals surface area contributed by atoms with Gasteiger partial charge in [-0.3, -0.25) is 0 Å². The Bertz CT molecular complexity index is 531. The normalized spacial score (nSPS) is 20.2. The first kappa shape index (κ1) is 15.6. The van der Waals surface area contributed by atoms with Gasteiger partial charge in [0.25, 0.3) is 0 Å². The van der Waals surface area contributed by atoms with Crippen LogP contribution in [0.15, 0.2) is 18.2 Å². The fourth-order valence-corrected chi connectivity index (χ4v) is 2.38. The van der Waals surface area contributed by atoms with Crippen molar-refractivity contribution in [1.82, 2.24) is 0 Å². The highest BCUT2D eigenvalue weighted by Crippen LogP contribution is 2.34. The van der Waals surface area contributed by atoms with Crippen LogP contribution in [-0.2, 0) is 10.9 Å². The number of nitrogens with zero attached hydrogens (tertiary/aromatic N) is 1. The number of aromatic carboxylic acids is 1. The molecule has 7 heteroatoms. The number of carboxylic acid groups (broad SMARTS) is 1. The van der Waals surface area contributed by atoms with E-state index in [1.54, 1.807) is 0 Å². The zero-order valence-electron chi connectivity index (χ0n) is 11.5. The van der Waals surface area contributed by atoms with Crippen LogP contribution in [0.1, 0.15) is 29.3 Å². The fourth-order valence-electron chi connectivity index (χ4n) is 2.38. The van der Waals surface area contributed by atoms with E-state index in [4.69, 9.17) is 9.84 Å². The molecule has 1 aliphatic heterocycles. The highest BCUT2D eigenvalue weighted by atomic mass is 19.4. The molecule has 1 fully saturated rings. The molecule has 1 atom stereocenters. The first-order valence-corrected chi connectivity index (χ1v) is 6.60. The second kappa shape index (κ2) is 5.93. The molecule has 21 heavy (non-hydrogen) atoms. The van der Waals surface area contributed by atoms with E-state index < -0.39 is 23.3 Å². The van der Waals surface area contributed by atoms with Crippen LogP contribution in [0.4, 0.5) is 18.9 Å². The van der Waals surface area contributed by atoms with Crippen molar-refractivity contribution in [2.75, 3.05) is 24.6 Å². The minimum absolute atomic E-state index is 0.0527. The minimum atomic E-state index is -4.68. The average Bonchev–Trinajstić information content (AvgIpc) is 2.61. The molecule has 116 valence electrons. The molecule has 1 aliphatic rings. The van der Waals surface area contributed by atoms with Crippen molar-refractivity contribution < 1.29 is 27.8 Å². The molecule has 1 unspecified atom stereocenters. The van der Waals surface area contributed by atoms with Crippen LogP contribution in [0, 0.1) is 0 Å². The van der Waals surface area contributed by atoms with Gasteiger partial charge in [0.2, 0.25) is 0 Å². The number of hydrogen-bond donors (Lipinski definition) is 1. The summed E-state index contributed by atoms with van der Waals surface area (Å²) in [5, 5.41) is 9.02. The molecular formula is C14H16F3NO3. The van der Waals surface area contributed by atoms with Gasteiger partial charge in [0.1, 0.15) is 0 Å². The maximum absolute atomic E-state index is 12.8. The number of anilines is 1. The molecule has 1 aromatic carbocycles. The first-order chi connectivity index (χ1) is 9.79. The van der Waals surface area contributed by atoms with Crippen LogP contribution in [0.25, 0.3) is 0 Å². The van der Waals surface area contributed by atoms with Crippen LogP contribution in [0.2, 0.25) is 0 Å². The van der Waals surface area contributed by atoms with E-state index in [0.717, 1.165) is 18.6 Å². The summed E-state index contributed by atoms with van der Waals surface area (Å²) in [6.07, 6.45) is -3.99. The van der Waals surface area contributed by atoms with Gasteiger partial charge in [-0.2, -0.15) is 13.2 Å². The molecule has 0 radical (unpaired) electrons. The third kappa shape index (κ3) is 3.66. The monoisotopic (exact) mass is 303 g/mol. The van der Waals surface area contributed by atoms with Crippen molar-refractivity contribution in [3.8, 4) is 0 Å². The zero-order chi connectivity index (χ0) is 15.6. The summed E-state index contributed by atoms with van der Waals surface area (Å²) in [5.74, 6) is -1.58. The SMILES string of the molecule is CC1CN(c2ccc(C(F)(F)F)c(C(=O)O)c2)CCCO1. The third-order valence-corrected chi connectivity index (χ3v) is 3.36. The second-order valence-electron chi connectivity index (χ2n) is 5.01. The summed E-state index contributed by atoms with van der Waals surface area (Å²) in [6, 6.07) is 3.23. The lowest BCUT2D eigenvalue weighted by molar-refractivity contribution is -0.138. The molecule has 1 N–H and O–H groups in total. The molecule has 0 aromatic heterocycles. The topological polar surface area (TPSA) is 49.8 Å². The van der Waals surface area contributed by atoms with Gasteiger partial charge in [0.15, 0.2) is 0 Å². The molecular weight excluding hydrogens is 287 g/mol. The number of hydrogen-bond acceptors (Lipinski definition) is 3. The summed E-state index contributed by atoms with van der Waals surface area (Å²) in [6.45, 7) is 3.60. The molecule has 1 aromatic rings. The molecule has 0 aliphatic carbocycles. The molecule has 1 heterocycles. The van der Waals surface area contributed by atoms with E-state index in [1.165, 1.54) is 6.07 Å². The number of ether oxygens (including phenoxy) is 1. The van der Waals surface area contributed by atoms with Gasteiger partial charge in [0.05, 0.1) is 17.2 Å². The smallest absolute Gasteiger partial charge is 0.417 e. The Labute approximate surface area is 120 Å². The maximum atomic E-state index is 12.8. The lowest BCUT2D eigenvalue weighted by Gasteiger charge is -2.25. The highest BCUT2D eigenvalue weighted by molar-refractivity contribution is 5.91. The molecule has 4 nitrogen and oxygen atoms in total. The fraction of sp³-hybridized carbons (Fsp3) is 0.500. The van der Waals surface area contributed by atoms with Gasteiger partial charge in [-0.15, -0.1) is 0 Å². The average molecular weight is 303 g/mol. The van der Waals surface area contributed by atoms with E-state index in [-0.39, 0.29) is 6.10 Å². The van der Waals surface area contributed by atoms with Crippen molar-refractivity contribution in [3.05, 3.63) is 29.3 Å². The quantitative estimate of drug-likeness (QED) is 0.912. The minimum Gasteiger partial charge on any atom is -0.478 e. The Hall–Kier alpha value is -1.76. The van der Waals surface area contributed by atoms with Crippen LogP contribution in [0.3, 0.4) is 0 Å². The van der Waals surface area contributed by atoms with E-state index in [2.05, 4.69) is 0 Å². The molecule has 0 saturated carbocycles. The number of carbonyl (C=O) groups is 1. The highest BCUT2D eigenvalue weighted by Gasteiger charge is 2.35. The largest absolute Gasteiger partial charge is 0.478 e. The van der Waals surface area contributed by atoms with E-state index in [0.29, 0.717) is 25.4 Å². The third-order valence-electron chi connectivity index (χ3n) is 3.36. The summed E-state index contributed by atoms with van der Waals surface area (Å²) in [4.78, 5) is 12.9. The van der Waals surface area contributed by atoms with Crippen molar-refractivity contribution in [2.45, 2.75) is 25.6 Å². The van der Waals surface area contributed by atoms with E-state index in [1.807, 2.05) is 11.8 Å². The molecule has 0 spiro atoms. The van der Waals surface area contributed by atoms with Crippen molar-refractivity contribution in [1.29, 1.82) is 0 Å². The summed E-state index contributed by atoms with van der Waals surface area (Å²) < 4.78 is 43.9. The standard InChI is InChI=1S/C14H16F3NO3/c1-9-8-18(5-2-6-21-9)10-3-4-12(14(15,16)17)11(7-10)13(19)20/h3-4,7,9H,2,5-6,8H2,1H3,(H,19,20). The zero-order valence-corrected chi connectivity index (χ0v) is 11.5. The first-order valence-electron chi connectivity index (χ1n) is 6.60. The predicted octanol–water partition coefficient (Wildman–Crippen LogP) is 3.02. The van der Waals surface area contributed by atoms with Gasteiger partial charge in [-0.25, -0.2) is 4.79 Å². The van der Waals surface area contributed by atoms with Crippen LogP contribution >= 0.6 is 0 Å². The number of rotatable bonds is 2. The van der Waals surface area contributed by atoms with Crippen molar-refractivity contribution in [2.24, 2.45) is 0 Å². The Morgan fingerprint density at radius 1 is 1.43 bits per heavy atom. The molecule has 0 bridgehead atoms. The Morgan fingerprint density at radius 2 is 2.14 bits per heavy atom. The number of carboxylic acids is 1. The Kier molecular flexibility index (Phi) is 4.41. The van der Waals surface area contributed by atoms with Gasteiger partial charge in [-0.05, 0) is 31.5 Å². The summed E-state index contributed by atoms with van der Waals surface area (Å²) in [7, 11) is 0. The molecule has 0 amide bonds. The summed E-state index contributed by atoms with van der Waals surface area (Å²) >= 11 is 0. The van der Waals surface area contributed by atoms with Crippen molar-refractivity contribution >= 4 is 11.7 Å². The predicted molar refractivity (Wildman–Crippen MR) is 70.6 cm³/mol. The van der Waals surface area contributed by atoms with E-state index >= 15 is 0 Å². The lowest BCUT2D eigenvalue weighted by Crippen LogP contribution is -2.30. The number of benzene rings is 1. The van der Waals surface area contributed by atoms with Crippen LogP contribution in [0.5, 0.6) is 0 Å². The van der Waals surface area contributed by atoms with Gasteiger partial charge in [0, 0.05) is 25.4 Å². The maximum Gasteiger partial charge on any atom is 0.417 e. The second-order valence-corrected chi connectivity index (χ2v) is 5.01. The lowest BCUT2D eigenvalue weighted by atomic mass is 10.1. The molecule has 1 saturated heterocycles. The van der Waals surface area contributed by atoms with Gasteiger partial charge in [-0.1, -0.05) is 0 Å².